The van der Waals surface area contributed by atoms with Crippen LogP contribution in [0, 0.1) is 0 Å². The van der Waals surface area contributed by atoms with Crippen LogP contribution in [0.2, 0.25) is 0 Å². The van der Waals surface area contributed by atoms with Crippen molar-refractivity contribution in [1.82, 2.24) is 9.88 Å². The number of hydrogen-bond donors (Lipinski definition) is 0. The van der Waals surface area contributed by atoms with Gasteiger partial charge in [-0.05, 0) is 26.2 Å². The summed E-state index contributed by atoms with van der Waals surface area (Å²) in [4.78, 5) is 19.0. The molecule has 1 aliphatic rings. The van der Waals surface area contributed by atoms with Crippen LogP contribution in [0.5, 0.6) is 0 Å². The number of carbonyl (C=O) groups is 1. The number of carbonyl (C=O) groups excluding carboxylic acids is 1. The Morgan fingerprint density at radius 3 is 3.19 bits per heavy atom. The standard InChI is InChI=1S/C16H24N2O2S/c1-4-9-20-12(3)16(19)18-8-6-7-13(10-18)15-17-14(5-2)11-21-15/h4,11-13H,1,5-10H2,2-3H3/t12-,13+/m1/s1. The number of amides is 1. The molecule has 0 unspecified atom stereocenters. The first-order valence-electron chi connectivity index (χ1n) is 7.61. The van der Waals surface area contributed by atoms with E-state index >= 15 is 0 Å². The normalized spacial score (nSPS) is 20.3. The van der Waals surface area contributed by atoms with Gasteiger partial charge in [-0.1, -0.05) is 13.0 Å². The highest BCUT2D eigenvalue weighted by Gasteiger charge is 2.29. The van der Waals surface area contributed by atoms with Crippen molar-refractivity contribution in [2.24, 2.45) is 0 Å². The van der Waals surface area contributed by atoms with Crippen molar-refractivity contribution < 1.29 is 9.53 Å². The first-order chi connectivity index (χ1) is 10.2. The lowest BCUT2D eigenvalue weighted by Gasteiger charge is -2.33. The number of likely N-dealkylation sites (tertiary alicyclic amines) is 1. The fourth-order valence-corrected chi connectivity index (χ4v) is 3.62. The van der Waals surface area contributed by atoms with Crippen molar-refractivity contribution in [2.45, 2.75) is 45.1 Å². The van der Waals surface area contributed by atoms with Gasteiger partial charge in [-0.25, -0.2) is 4.98 Å². The second-order valence-corrected chi connectivity index (χ2v) is 6.31. The zero-order valence-electron chi connectivity index (χ0n) is 12.9. The molecule has 0 radical (unpaired) electrons. The Morgan fingerprint density at radius 2 is 2.52 bits per heavy atom. The molecule has 4 nitrogen and oxygen atoms in total. The SMILES string of the molecule is C=CCO[C@H](C)C(=O)N1CCC[C@H](c2nc(CC)cs2)C1. The van der Waals surface area contributed by atoms with Crippen LogP contribution in [0.1, 0.15) is 43.3 Å². The summed E-state index contributed by atoms with van der Waals surface area (Å²) in [5.41, 5.74) is 1.15. The molecule has 5 heteroatoms. The van der Waals surface area contributed by atoms with Crippen molar-refractivity contribution in [1.29, 1.82) is 0 Å². The Labute approximate surface area is 130 Å². The lowest BCUT2D eigenvalue weighted by Crippen LogP contribution is -2.44. The van der Waals surface area contributed by atoms with E-state index in [0.29, 0.717) is 12.5 Å². The molecule has 2 heterocycles. The second kappa shape index (κ2) is 7.71. The highest BCUT2D eigenvalue weighted by Crippen LogP contribution is 2.29. The van der Waals surface area contributed by atoms with Crippen LogP contribution in [-0.2, 0) is 16.0 Å². The van der Waals surface area contributed by atoms with E-state index in [0.717, 1.165) is 38.0 Å². The quantitative estimate of drug-likeness (QED) is 0.759. The van der Waals surface area contributed by atoms with Crippen LogP contribution in [0.25, 0.3) is 0 Å². The van der Waals surface area contributed by atoms with E-state index in [1.807, 2.05) is 11.8 Å². The van der Waals surface area contributed by atoms with Gasteiger partial charge in [0, 0.05) is 24.4 Å². The lowest BCUT2D eigenvalue weighted by molar-refractivity contribution is -0.143. The molecule has 21 heavy (non-hydrogen) atoms. The van der Waals surface area contributed by atoms with Crippen LogP contribution < -0.4 is 0 Å². The Balaban J connectivity index is 1.96. The summed E-state index contributed by atoms with van der Waals surface area (Å²) in [5, 5.41) is 3.30. The minimum Gasteiger partial charge on any atom is -0.365 e. The highest BCUT2D eigenvalue weighted by molar-refractivity contribution is 7.09. The van der Waals surface area contributed by atoms with E-state index < -0.39 is 6.10 Å². The fourth-order valence-electron chi connectivity index (χ4n) is 2.59. The molecule has 0 aromatic carbocycles. The molecule has 2 rings (SSSR count). The molecule has 1 saturated heterocycles. The number of nitrogens with zero attached hydrogens (tertiary/aromatic N) is 2. The molecule has 1 aromatic heterocycles. The minimum absolute atomic E-state index is 0.0776. The maximum Gasteiger partial charge on any atom is 0.251 e. The van der Waals surface area contributed by atoms with Crippen molar-refractivity contribution in [3.63, 3.8) is 0 Å². The molecule has 116 valence electrons. The topological polar surface area (TPSA) is 42.4 Å². The van der Waals surface area contributed by atoms with E-state index in [2.05, 4.69) is 23.9 Å². The van der Waals surface area contributed by atoms with Crippen LogP contribution >= 0.6 is 11.3 Å². The predicted octanol–water partition coefficient (Wildman–Crippen LogP) is 3.00. The Hall–Kier alpha value is -1.20. The third-order valence-electron chi connectivity index (χ3n) is 3.83. The summed E-state index contributed by atoms with van der Waals surface area (Å²) in [6.45, 7) is 9.54. The molecule has 0 bridgehead atoms. The maximum absolute atomic E-state index is 12.4. The van der Waals surface area contributed by atoms with Crippen LogP contribution in [0.4, 0.5) is 0 Å². The van der Waals surface area contributed by atoms with Gasteiger partial charge >= 0.3 is 0 Å². The van der Waals surface area contributed by atoms with Gasteiger partial charge in [0.15, 0.2) is 0 Å². The molecule has 0 saturated carbocycles. The van der Waals surface area contributed by atoms with E-state index in [9.17, 15) is 4.79 Å². The zero-order valence-corrected chi connectivity index (χ0v) is 13.7. The summed E-state index contributed by atoms with van der Waals surface area (Å²) in [7, 11) is 0. The third kappa shape index (κ3) is 4.14. The monoisotopic (exact) mass is 308 g/mol. The van der Waals surface area contributed by atoms with Gasteiger partial charge in [0.05, 0.1) is 17.3 Å². The van der Waals surface area contributed by atoms with Gasteiger partial charge in [0.1, 0.15) is 6.10 Å². The smallest absolute Gasteiger partial charge is 0.251 e. The Bertz CT molecular complexity index is 486. The van der Waals surface area contributed by atoms with Crippen molar-refractivity contribution >= 4 is 17.2 Å². The average Bonchev–Trinajstić information content (AvgIpc) is 3.01. The van der Waals surface area contributed by atoms with E-state index in [1.54, 1.807) is 17.4 Å². The summed E-state index contributed by atoms with van der Waals surface area (Å²) in [6.07, 6.45) is 4.39. The first kappa shape index (κ1) is 16.2. The van der Waals surface area contributed by atoms with E-state index in [-0.39, 0.29) is 5.91 Å². The van der Waals surface area contributed by atoms with Crippen molar-refractivity contribution in [3.8, 4) is 0 Å². The lowest BCUT2D eigenvalue weighted by atomic mass is 9.98. The van der Waals surface area contributed by atoms with Gasteiger partial charge in [0.2, 0.25) is 0 Å². The van der Waals surface area contributed by atoms with Gasteiger partial charge in [-0.15, -0.1) is 17.9 Å². The number of ether oxygens (including phenoxy) is 1. The summed E-state index contributed by atoms with van der Waals surface area (Å²) in [5.74, 6) is 0.452. The predicted molar refractivity (Wildman–Crippen MR) is 85.7 cm³/mol. The van der Waals surface area contributed by atoms with Crippen molar-refractivity contribution in [2.75, 3.05) is 19.7 Å². The molecule has 2 atom stereocenters. The van der Waals surface area contributed by atoms with E-state index in [4.69, 9.17) is 4.74 Å². The largest absolute Gasteiger partial charge is 0.365 e. The van der Waals surface area contributed by atoms with Crippen LogP contribution in [0.3, 0.4) is 0 Å². The molecule has 1 fully saturated rings. The Morgan fingerprint density at radius 1 is 1.71 bits per heavy atom. The highest BCUT2D eigenvalue weighted by atomic mass is 32.1. The number of aryl methyl sites for hydroxylation is 1. The van der Waals surface area contributed by atoms with Crippen molar-refractivity contribution in [3.05, 3.63) is 28.7 Å². The minimum atomic E-state index is -0.399. The summed E-state index contributed by atoms with van der Waals surface area (Å²) >= 11 is 1.72. The Kier molecular flexibility index (Phi) is 5.94. The maximum atomic E-state index is 12.4. The van der Waals surface area contributed by atoms with E-state index in [1.165, 1.54) is 5.01 Å². The molecule has 1 aliphatic heterocycles. The number of rotatable bonds is 6. The molecule has 0 aliphatic carbocycles. The average molecular weight is 308 g/mol. The fraction of sp³-hybridized carbons (Fsp3) is 0.625. The zero-order chi connectivity index (χ0) is 15.2. The number of piperidine rings is 1. The summed E-state index contributed by atoms with van der Waals surface area (Å²) < 4.78 is 5.45. The van der Waals surface area contributed by atoms with Gasteiger partial charge < -0.3 is 9.64 Å². The third-order valence-corrected chi connectivity index (χ3v) is 4.88. The molecule has 1 amide bonds. The van der Waals surface area contributed by atoms with Gasteiger partial charge in [-0.3, -0.25) is 4.79 Å². The second-order valence-electron chi connectivity index (χ2n) is 5.42. The first-order valence-corrected chi connectivity index (χ1v) is 8.49. The van der Waals surface area contributed by atoms with Gasteiger partial charge in [0.25, 0.3) is 5.91 Å². The van der Waals surface area contributed by atoms with Gasteiger partial charge in [-0.2, -0.15) is 0 Å². The number of hydrogen-bond acceptors (Lipinski definition) is 4. The molecule has 0 spiro atoms. The van der Waals surface area contributed by atoms with Crippen LogP contribution in [0.15, 0.2) is 18.0 Å². The molecular weight excluding hydrogens is 284 g/mol. The molecular formula is C16H24N2O2S. The number of aromatic nitrogens is 1. The number of thiazole rings is 1. The van der Waals surface area contributed by atoms with Crippen LogP contribution in [-0.4, -0.2) is 41.6 Å². The molecule has 1 aromatic rings. The molecule has 0 N–H and O–H groups in total. The summed E-state index contributed by atoms with van der Waals surface area (Å²) in [6, 6.07) is 0.